The first-order valence-corrected chi connectivity index (χ1v) is 10.1. The lowest BCUT2D eigenvalue weighted by Gasteiger charge is -2.10. The molecule has 2 heterocycles. The van der Waals surface area contributed by atoms with Gasteiger partial charge in [0.15, 0.2) is 0 Å². The van der Waals surface area contributed by atoms with Crippen LogP contribution in [0.4, 0.5) is 0 Å². The van der Waals surface area contributed by atoms with Gasteiger partial charge in [-0.1, -0.05) is 42.5 Å². The van der Waals surface area contributed by atoms with E-state index < -0.39 is 0 Å². The Morgan fingerprint density at radius 2 is 1.93 bits per heavy atom. The van der Waals surface area contributed by atoms with Crippen LogP contribution in [0.2, 0.25) is 0 Å². The van der Waals surface area contributed by atoms with Gasteiger partial charge in [0.2, 0.25) is 0 Å². The molecule has 0 unspecified atom stereocenters. The number of aryl methyl sites for hydroxylation is 3. The summed E-state index contributed by atoms with van der Waals surface area (Å²) in [6.45, 7) is 1.85. The molecular formula is C22H19N3OS. The molecule has 4 aromatic rings. The Balaban J connectivity index is 1.66. The average Bonchev–Trinajstić information content (AvgIpc) is 3.06. The molecule has 0 radical (unpaired) electrons. The van der Waals surface area contributed by atoms with Crippen LogP contribution in [0.15, 0.2) is 52.4 Å². The van der Waals surface area contributed by atoms with Gasteiger partial charge < -0.3 is 0 Å². The first-order chi connectivity index (χ1) is 13.2. The summed E-state index contributed by atoms with van der Waals surface area (Å²) in [6, 6.07) is 14.3. The van der Waals surface area contributed by atoms with E-state index in [0.29, 0.717) is 5.82 Å². The number of thiophene rings is 1. The fraction of sp³-hybridized carbons (Fsp3) is 0.227. The van der Waals surface area contributed by atoms with Crippen LogP contribution in [0, 0.1) is 6.92 Å². The molecule has 0 fully saturated rings. The number of aromatic nitrogens is 2. The highest BCUT2D eigenvalue weighted by molar-refractivity contribution is 7.18. The zero-order chi connectivity index (χ0) is 18.4. The van der Waals surface area contributed by atoms with Crippen molar-refractivity contribution in [3.8, 4) is 0 Å². The molecule has 2 aromatic carbocycles. The summed E-state index contributed by atoms with van der Waals surface area (Å²) < 4.78 is 1.45. The zero-order valence-corrected chi connectivity index (χ0v) is 15.9. The van der Waals surface area contributed by atoms with E-state index in [1.54, 1.807) is 17.6 Å². The van der Waals surface area contributed by atoms with Gasteiger partial charge in [-0.3, -0.25) is 4.79 Å². The lowest BCUT2D eigenvalue weighted by Crippen LogP contribution is -2.21. The largest absolute Gasteiger partial charge is 0.283 e. The van der Waals surface area contributed by atoms with Crippen molar-refractivity contribution in [2.75, 3.05) is 0 Å². The molecule has 0 bridgehead atoms. The fourth-order valence-electron chi connectivity index (χ4n) is 3.92. The molecule has 0 spiro atoms. The predicted molar refractivity (Wildman–Crippen MR) is 112 cm³/mol. The first-order valence-electron chi connectivity index (χ1n) is 9.28. The summed E-state index contributed by atoms with van der Waals surface area (Å²) in [5.74, 6) is 0.627. The summed E-state index contributed by atoms with van der Waals surface area (Å²) in [7, 11) is 0. The standard InChI is InChI=1S/C22H19N3OS/c1-14-24-21-20(18-11-4-5-12-19(18)27-21)22(26)25(14)23-13-16-9-6-8-15-7-2-3-10-17(15)16/h2-3,6-10,13H,4-5,11-12H2,1H3/b23-13-. The number of nitrogens with zero attached hydrogens (tertiary/aromatic N) is 3. The van der Waals surface area contributed by atoms with Crippen LogP contribution in [0.25, 0.3) is 21.0 Å². The van der Waals surface area contributed by atoms with Gasteiger partial charge in [-0.2, -0.15) is 9.78 Å². The summed E-state index contributed by atoms with van der Waals surface area (Å²) in [5.41, 5.74) is 2.15. The third kappa shape index (κ3) is 2.70. The van der Waals surface area contributed by atoms with E-state index in [9.17, 15) is 4.79 Å². The summed E-state index contributed by atoms with van der Waals surface area (Å²) in [5, 5.41) is 7.58. The molecule has 1 aliphatic rings. The van der Waals surface area contributed by atoms with Gasteiger partial charge in [-0.05, 0) is 48.9 Å². The molecule has 0 N–H and O–H groups in total. The fourth-order valence-corrected chi connectivity index (χ4v) is 5.21. The highest BCUT2D eigenvalue weighted by atomic mass is 32.1. The molecule has 5 heteroatoms. The Bertz CT molecular complexity index is 1260. The van der Waals surface area contributed by atoms with Crippen LogP contribution in [0.1, 0.15) is 34.7 Å². The Morgan fingerprint density at radius 3 is 2.85 bits per heavy atom. The minimum Gasteiger partial charge on any atom is -0.267 e. The second kappa shape index (κ2) is 6.43. The van der Waals surface area contributed by atoms with E-state index in [4.69, 9.17) is 0 Å². The first kappa shape index (κ1) is 16.4. The third-order valence-corrected chi connectivity index (χ3v) is 6.45. The molecule has 4 nitrogen and oxygen atoms in total. The maximum absolute atomic E-state index is 13.2. The minimum atomic E-state index is -0.0478. The predicted octanol–water partition coefficient (Wildman–Crippen LogP) is 4.68. The number of hydrogen-bond acceptors (Lipinski definition) is 4. The van der Waals surface area contributed by atoms with Gasteiger partial charge in [0.1, 0.15) is 10.7 Å². The van der Waals surface area contributed by atoms with E-state index in [0.717, 1.165) is 45.8 Å². The van der Waals surface area contributed by atoms with Crippen molar-refractivity contribution in [2.24, 2.45) is 5.10 Å². The lowest BCUT2D eigenvalue weighted by atomic mass is 9.97. The van der Waals surface area contributed by atoms with Crippen molar-refractivity contribution < 1.29 is 0 Å². The highest BCUT2D eigenvalue weighted by Crippen LogP contribution is 2.33. The molecule has 0 aliphatic heterocycles. The summed E-state index contributed by atoms with van der Waals surface area (Å²) in [6.07, 6.45) is 6.15. The van der Waals surface area contributed by atoms with Crippen LogP contribution in [0.3, 0.4) is 0 Å². The zero-order valence-electron chi connectivity index (χ0n) is 15.1. The van der Waals surface area contributed by atoms with Crippen molar-refractivity contribution in [1.82, 2.24) is 9.66 Å². The summed E-state index contributed by atoms with van der Waals surface area (Å²) in [4.78, 5) is 20.1. The molecule has 0 atom stereocenters. The van der Waals surface area contributed by atoms with Crippen LogP contribution < -0.4 is 5.56 Å². The van der Waals surface area contributed by atoms with Gasteiger partial charge in [0.05, 0.1) is 11.6 Å². The Morgan fingerprint density at radius 1 is 1.11 bits per heavy atom. The van der Waals surface area contributed by atoms with E-state index in [-0.39, 0.29) is 5.56 Å². The second-order valence-electron chi connectivity index (χ2n) is 6.98. The van der Waals surface area contributed by atoms with E-state index in [2.05, 4.69) is 28.3 Å². The molecule has 0 saturated carbocycles. The highest BCUT2D eigenvalue weighted by Gasteiger charge is 2.21. The number of fused-ring (bicyclic) bond motifs is 4. The Kier molecular flexibility index (Phi) is 3.90. The SMILES string of the molecule is Cc1nc2sc3c(c2c(=O)n1/N=C\c1cccc2ccccc12)CCCC3. The molecular weight excluding hydrogens is 354 g/mol. The van der Waals surface area contributed by atoms with Crippen molar-refractivity contribution in [1.29, 1.82) is 0 Å². The van der Waals surface area contributed by atoms with Crippen LogP contribution in [-0.4, -0.2) is 15.9 Å². The van der Waals surface area contributed by atoms with E-state index in [1.165, 1.54) is 21.5 Å². The van der Waals surface area contributed by atoms with Gasteiger partial charge in [0.25, 0.3) is 5.56 Å². The average molecular weight is 373 g/mol. The van der Waals surface area contributed by atoms with Crippen molar-refractivity contribution >= 4 is 38.5 Å². The monoisotopic (exact) mass is 373 g/mol. The van der Waals surface area contributed by atoms with Crippen molar-refractivity contribution in [3.05, 3.63) is 74.6 Å². The molecule has 27 heavy (non-hydrogen) atoms. The summed E-state index contributed by atoms with van der Waals surface area (Å²) >= 11 is 1.68. The maximum Gasteiger partial charge on any atom is 0.283 e. The van der Waals surface area contributed by atoms with Gasteiger partial charge in [0, 0.05) is 10.4 Å². The minimum absolute atomic E-state index is 0.0478. The topological polar surface area (TPSA) is 47.2 Å². The van der Waals surface area contributed by atoms with Crippen LogP contribution >= 0.6 is 11.3 Å². The Labute approximate surface area is 160 Å². The lowest BCUT2D eigenvalue weighted by molar-refractivity contribution is 0.698. The molecule has 1 aliphatic carbocycles. The third-order valence-electron chi connectivity index (χ3n) is 5.26. The number of hydrogen-bond donors (Lipinski definition) is 0. The Hall–Kier alpha value is -2.79. The molecule has 2 aromatic heterocycles. The number of benzene rings is 2. The normalized spacial score (nSPS) is 14.3. The van der Waals surface area contributed by atoms with Crippen LogP contribution in [-0.2, 0) is 12.8 Å². The molecule has 134 valence electrons. The number of rotatable bonds is 2. The van der Waals surface area contributed by atoms with Gasteiger partial charge in [-0.15, -0.1) is 11.3 Å². The van der Waals surface area contributed by atoms with Gasteiger partial charge in [-0.25, -0.2) is 4.98 Å². The van der Waals surface area contributed by atoms with Gasteiger partial charge >= 0.3 is 0 Å². The van der Waals surface area contributed by atoms with Crippen molar-refractivity contribution in [3.63, 3.8) is 0 Å². The smallest absolute Gasteiger partial charge is 0.267 e. The van der Waals surface area contributed by atoms with E-state index in [1.807, 2.05) is 31.2 Å². The van der Waals surface area contributed by atoms with Crippen molar-refractivity contribution in [2.45, 2.75) is 32.6 Å². The molecule has 0 saturated heterocycles. The molecule has 0 amide bonds. The second-order valence-corrected chi connectivity index (χ2v) is 8.06. The van der Waals surface area contributed by atoms with Crippen LogP contribution in [0.5, 0.6) is 0 Å². The van der Waals surface area contributed by atoms with E-state index >= 15 is 0 Å². The molecule has 5 rings (SSSR count). The quantitative estimate of drug-likeness (QED) is 0.479. The maximum atomic E-state index is 13.2.